The van der Waals surface area contributed by atoms with Crippen molar-refractivity contribution < 1.29 is 9.53 Å². The van der Waals surface area contributed by atoms with E-state index in [2.05, 4.69) is 40.0 Å². The Kier molecular flexibility index (Phi) is 10.9. The summed E-state index contributed by atoms with van der Waals surface area (Å²) in [7, 11) is 1.58. The first kappa shape index (κ1) is 24.2. The number of aryl methyl sites for hydroxylation is 1. The van der Waals surface area contributed by atoms with E-state index in [1.165, 1.54) is 16.7 Å². The average molecular weight is 516 g/mol. The summed E-state index contributed by atoms with van der Waals surface area (Å²) in [5, 5.41) is 9.42. The lowest BCUT2D eigenvalue weighted by Gasteiger charge is -2.12. The minimum Gasteiger partial charge on any atom is -0.495 e. The largest absolute Gasteiger partial charge is 0.495 e. The molecule has 0 saturated carbocycles. The topological polar surface area (TPSA) is 74.8 Å². The van der Waals surface area contributed by atoms with E-state index in [9.17, 15) is 4.79 Å². The number of hydrogen-bond donors (Lipinski definition) is 3. The zero-order chi connectivity index (χ0) is 19.6. The first-order valence-corrected chi connectivity index (χ1v) is 9.91. The highest BCUT2D eigenvalue weighted by molar-refractivity contribution is 14.0. The van der Waals surface area contributed by atoms with E-state index in [0.717, 1.165) is 31.0 Å². The fourth-order valence-electron chi connectivity index (χ4n) is 2.53. The number of methoxy groups -OCH3 is 1. The molecule has 154 valence electrons. The van der Waals surface area contributed by atoms with E-state index < -0.39 is 0 Å². The molecule has 0 unspecified atom stereocenters. The second-order valence-electron chi connectivity index (χ2n) is 5.99. The van der Waals surface area contributed by atoms with Gasteiger partial charge in [-0.25, -0.2) is 4.99 Å². The summed E-state index contributed by atoms with van der Waals surface area (Å²) in [4.78, 5) is 18.7. The molecule has 3 N–H and O–H groups in total. The Hall–Kier alpha value is -1.81. The fourth-order valence-corrected chi connectivity index (χ4v) is 3.43. The van der Waals surface area contributed by atoms with E-state index in [0.29, 0.717) is 18.0 Å². The zero-order valence-corrected chi connectivity index (χ0v) is 19.9. The number of nitrogens with zero attached hydrogens (tertiary/aromatic N) is 1. The highest BCUT2D eigenvalue weighted by Crippen LogP contribution is 2.25. The predicted octanol–water partition coefficient (Wildman–Crippen LogP) is 4.15. The average Bonchev–Trinajstić information content (AvgIpc) is 3.12. The third-order valence-corrected chi connectivity index (χ3v) is 5.06. The van der Waals surface area contributed by atoms with Gasteiger partial charge in [-0.3, -0.25) is 4.79 Å². The number of benzene rings is 1. The summed E-state index contributed by atoms with van der Waals surface area (Å²) in [6, 6.07) is 10.0. The molecule has 0 aliphatic rings. The molecule has 0 radical (unpaired) electrons. The van der Waals surface area contributed by atoms with Gasteiger partial charge in [0.25, 0.3) is 0 Å². The van der Waals surface area contributed by atoms with Crippen LogP contribution in [0.4, 0.5) is 5.69 Å². The third kappa shape index (κ3) is 7.67. The number of carbonyl (C=O) groups excluding carboxylic acids is 1. The molecule has 0 aliphatic heterocycles. The number of carbonyl (C=O) groups is 1. The molecule has 8 heteroatoms. The summed E-state index contributed by atoms with van der Waals surface area (Å²) < 4.78 is 5.29. The van der Waals surface area contributed by atoms with Crippen LogP contribution < -0.4 is 20.7 Å². The molecule has 1 aromatic carbocycles. The summed E-state index contributed by atoms with van der Waals surface area (Å²) in [6.07, 6.45) is 1.06. The highest BCUT2D eigenvalue weighted by Gasteiger charge is 2.07. The van der Waals surface area contributed by atoms with Crippen LogP contribution >= 0.6 is 35.3 Å². The van der Waals surface area contributed by atoms with Crippen molar-refractivity contribution in [3.63, 3.8) is 0 Å². The Morgan fingerprint density at radius 3 is 2.50 bits per heavy atom. The normalized spacial score (nSPS) is 10.8. The van der Waals surface area contributed by atoms with Crippen LogP contribution in [0, 0.1) is 0 Å². The maximum Gasteiger partial charge on any atom is 0.221 e. The van der Waals surface area contributed by atoms with Gasteiger partial charge >= 0.3 is 0 Å². The Morgan fingerprint density at radius 1 is 1.14 bits per heavy atom. The molecule has 0 saturated heterocycles. The first-order chi connectivity index (χ1) is 13.0. The molecule has 1 aromatic heterocycles. The van der Waals surface area contributed by atoms with Crippen LogP contribution in [0.2, 0.25) is 0 Å². The van der Waals surface area contributed by atoms with Crippen LogP contribution in [0.15, 0.2) is 35.3 Å². The summed E-state index contributed by atoms with van der Waals surface area (Å²) in [6.45, 7) is 7.72. The van der Waals surface area contributed by atoms with E-state index in [4.69, 9.17) is 4.74 Å². The molecule has 0 fully saturated rings. The Balaban J connectivity index is 0.00000392. The van der Waals surface area contributed by atoms with Crippen molar-refractivity contribution in [1.29, 1.82) is 0 Å². The number of aliphatic imine (C=N–C) groups is 1. The van der Waals surface area contributed by atoms with E-state index >= 15 is 0 Å². The van der Waals surface area contributed by atoms with Gasteiger partial charge in [-0.15, -0.1) is 35.3 Å². The molecule has 1 amide bonds. The number of anilines is 1. The summed E-state index contributed by atoms with van der Waals surface area (Å²) in [5.74, 6) is 1.26. The third-order valence-electron chi connectivity index (χ3n) is 3.83. The molecule has 2 aromatic rings. The molecule has 28 heavy (non-hydrogen) atoms. The zero-order valence-electron chi connectivity index (χ0n) is 16.8. The van der Waals surface area contributed by atoms with Crippen LogP contribution in [0.5, 0.6) is 5.75 Å². The monoisotopic (exact) mass is 516 g/mol. The maximum atomic E-state index is 11.4. The minimum absolute atomic E-state index is 0. The standard InChI is InChI=1S/C20H28N4O2S.HI/c1-5-16-8-9-17(27-16)13-23-20(21-6-2)22-12-15-7-10-19(26-4)18(11-15)24-14(3)25;/h7-11H,5-6,12-13H2,1-4H3,(H,24,25)(H2,21,22,23);1H. The number of ether oxygens (including phenoxy) is 1. The molecule has 0 spiro atoms. The summed E-state index contributed by atoms with van der Waals surface area (Å²) >= 11 is 1.82. The van der Waals surface area contributed by atoms with Gasteiger partial charge in [0.05, 0.1) is 25.9 Å². The molecule has 6 nitrogen and oxygen atoms in total. The van der Waals surface area contributed by atoms with Gasteiger partial charge in [-0.05, 0) is 43.2 Å². The van der Waals surface area contributed by atoms with Gasteiger partial charge in [0, 0.05) is 23.2 Å². The van der Waals surface area contributed by atoms with Gasteiger partial charge < -0.3 is 20.7 Å². The highest BCUT2D eigenvalue weighted by atomic mass is 127. The fraction of sp³-hybridized carbons (Fsp3) is 0.400. The second-order valence-corrected chi connectivity index (χ2v) is 7.24. The van der Waals surface area contributed by atoms with E-state index in [1.54, 1.807) is 7.11 Å². The quantitative estimate of drug-likeness (QED) is 0.280. The lowest BCUT2D eigenvalue weighted by atomic mass is 10.2. The molecule has 0 aliphatic carbocycles. The van der Waals surface area contributed by atoms with Crippen LogP contribution in [0.25, 0.3) is 0 Å². The molecular weight excluding hydrogens is 487 g/mol. The SMILES string of the molecule is CCNC(=NCc1ccc(OC)c(NC(C)=O)c1)NCc1ccc(CC)s1.I. The smallest absolute Gasteiger partial charge is 0.221 e. The minimum atomic E-state index is -0.133. The first-order valence-electron chi connectivity index (χ1n) is 9.10. The van der Waals surface area contributed by atoms with Gasteiger partial charge in [0.2, 0.25) is 5.91 Å². The second kappa shape index (κ2) is 12.6. The number of nitrogens with one attached hydrogen (secondary N) is 3. The Bertz CT molecular complexity index is 792. The Morgan fingerprint density at radius 2 is 1.89 bits per heavy atom. The number of hydrogen-bond acceptors (Lipinski definition) is 4. The predicted molar refractivity (Wildman–Crippen MR) is 128 cm³/mol. The van der Waals surface area contributed by atoms with Crippen molar-refractivity contribution in [2.24, 2.45) is 4.99 Å². The van der Waals surface area contributed by atoms with Crippen LogP contribution in [0.1, 0.15) is 36.1 Å². The number of guanidine groups is 1. The van der Waals surface area contributed by atoms with Crippen molar-refractivity contribution >= 4 is 52.9 Å². The van der Waals surface area contributed by atoms with Gasteiger partial charge in [-0.1, -0.05) is 13.0 Å². The van der Waals surface area contributed by atoms with Crippen LogP contribution in [-0.2, 0) is 24.3 Å². The van der Waals surface area contributed by atoms with Gasteiger partial charge in [-0.2, -0.15) is 0 Å². The van der Waals surface area contributed by atoms with Gasteiger partial charge in [0.15, 0.2) is 5.96 Å². The van der Waals surface area contributed by atoms with Crippen molar-refractivity contribution in [2.75, 3.05) is 19.0 Å². The number of halogens is 1. The number of amides is 1. The van der Waals surface area contributed by atoms with Crippen LogP contribution in [0.3, 0.4) is 0 Å². The van der Waals surface area contributed by atoms with E-state index in [-0.39, 0.29) is 29.9 Å². The lowest BCUT2D eigenvalue weighted by Crippen LogP contribution is -2.36. The number of rotatable bonds is 8. The van der Waals surface area contributed by atoms with Gasteiger partial charge in [0.1, 0.15) is 5.75 Å². The van der Waals surface area contributed by atoms with Crippen molar-refractivity contribution in [1.82, 2.24) is 10.6 Å². The Labute approximate surface area is 188 Å². The summed E-state index contributed by atoms with van der Waals surface area (Å²) in [5.41, 5.74) is 1.64. The molecule has 0 bridgehead atoms. The number of thiophene rings is 1. The van der Waals surface area contributed by atoms with Crippen molar-refractivity contribution in [2.45, 2.75) is 40.3 Å². The van der Waals surface area contributed by atoms with Crippen LogP contribution in [-0.4, -0.2) is 25.5 Å². The molecular formula is C20H29IN4O2S. The molecule has 2 rings (SSSR count). The maximum absolute atomic E-state index is 11.4. The molecule has 1 heterocycles. The lowest BCUT2D eigenvalue weighted by molar-refractivity contribution is -0.114. The molecule has 0 atom stereocenters. The van der Waals surface area contributed by atoms with Crippen molar-refractivity contribution in [3.05, 3.63) is 45.6 Å². The van der Waals surface area contributed by atoms with E-state index in [1.807, 2.05) is 36.5 Å². The van der Waals surface area contributed by atoms with Crippen molar-refractivity contribution in [3.8, 4) is 5.75 Å².